The summed E-state index contributed by atoms with van der Waals surface area (Å²) in [6.07, 6.45) is 2.99. The van der Waals surface area contributed by atoms with E-state index < -0.39 is 11.7 Å². The Bertz CT molecular complexity index is 1300. The summed E-state index contributed by atoms with van der Waals surface area (Å²) >= 11 is 1.37. The van der Waals surface area contributed by atoms with E-state index >= 15 is 0 Å². The van der Waals surface area contributed by atoms with Crippen LogP contribution < -0.4 is 10.6 Å². The number of likely N-dealkylation sites (tertiary alicyclic amines) is 1. The molecule has 35 heavy (non-hydrogen) atoms. The summed E-state index contributed by atoms with van der Waals surface area (Å²) in [7, 11) is 0. The van der Waals surface area contributed by atoms with Crippen molar-refractivity contribution in [1.29, 1.82) is 0 Å². The zero-order chi connectivity index (χ0) is 24.5. The van der Waals surface area contributed by atoms with Crippen LogP contribution in [0.3, 0.4) is 0 Å². The molecule has 0 saturated carbocycles. The van der Waals surface area contributed by atoms with Crippen molar-refractivity contribution >= 4 is 39.7 Å². The number of hydrogen-bond donors (Lipinski definition) is 2. The molecule has 180 valence electrons. The maximum Gasteiger partial charge on any atom is 0.257 e. The van der Waals surface area contributed by atoms with Gasteiger partial charge in [-0.1, -0.05) is 36.4 Å². The molecule has 0 spiro atoms. The second-order valence-corrected chi connectivity index (χ2v) is 10.0. The van der Waals surface area contributed by atoms with Gasteiger partial charge in [0, 0.05) is 30.1 Å². The average Bonchev–Trinajstić information content (AvgIpc) is 3.19. The molecule has 2 aliphatic heterocycles. The lowest BCUT2D eigenvalue weighted by Gasteiger charge is -2.27. The number of benzene rings is 2. The molecule has 1 saturated heterocycles. The smallest absolute Gasteiger partial charge is 0.257 e. The highest BCUT2D eigenvalue weighted by Crippen LogP contribution is 2.42. The van der Waals surface area contributed by atoms with Gasteiger partial charge in [0.2, 0.25) is 11.8 Å². The van der Waals surface area contributed by atoms with Crippen molar-refractivity contribution < 1.29 is 18.8 Å². The molecular weight excluding hydrogens is 465 g/mol. The summed E-state index contributed by atoms with van der Waals surface area (Å²) in [4.78, 5) is 42.1. The predicted octanol–water partition coefficient (Wildman–Crippen LogP) is 5.55. The van der Waals surface area contributed by atoms with E-state index in [0.717, 1.165) is 35.3 Å². The molecule has 3 amide bonds. The molecule has 2 aromatic carbocycles. The number of anilines is 2. The number of nitrogens with one attached hydrogen (secondary N) is 2. The Morgan fingerprint density at radius 2 is 1.83 bits per heavy atom. The number of thiophene rings is 1. The molecule has 0 aliphatic carbocycles. The Balaban J connectivity index is 1.52. The fraction of sp³-hybridized carbons (Fsp3) is 0.296. The summed E-state index contributed by atoms with van der Waals surface area (Å²) < 4.78 is 13.7. The number of carbonyl (C=O) groups excluding carboxylic acids is 3. The minimum Gasteiger partial charge on any atom is -0.339 e. The van der Waals surface area contributed by atoms with Crippen LogP contribution in [0.15, 0.2) is 48.5 Å². The van der Waals surface area contributed by atoms with Crippen LogP contribution >= 0.6 is 11.3 Å². The third-order valence-corrected chi connectivity index (χ3v) is 7.90. The number of amides is 3. The molecule has 3 heterocycles. The van der Waals surface area contributed by atoms with Crippen LogP contribution in [0.2, 0.25) is 0 Å². The van der Waals surface area contributed by atoms with E-state index in [2.05, 4.69) is 10.6 Å². The molecule has 6 nitrogen and oxygen atoms in total. The van der Waals surface area contributed by atoms with E-state index in [4.69, 9.17) is 0 Å². The first-order valence-corrected chi connectivity index (χ1v) is 12.6. The van der Waals surface area contributed by atoms with Gasteiger partial charge in [0.05, 0.1) is 11.5 Å². The Hall–Kier alpha value is -3.52. The third-order valence-electron chi connectivity index (χ3n) is 6.65. The fourth-order valence-corrected chi connectivity index (χ4v) is 6.06. The Kier molecular flexibility index (Phi) is 6.38. The second kappa shape index (κ2) is 9.62. The van der Waals surface area contributed by atoms with Crippen molar-refractivity contribution in [2.24, 2.45) is 0 Å². The number of rotatable bonds is 4. The van der Waals surface area contributed by atoms with E-state index in [1.165, 1.54) is 29.5 Å². The van der Waals surface area contributed by atoms with Gasteiger partial charge in [-0.3, -0.25) is 14.4 Å². The van der Waals surface area contributed by atoms with Gasteiger partial charge in [0.15, 0.2) is 0 Å². The topological polar surface area (TPSA) is 78.5 Å². The summed E-state index contributed by atoms with van der Waals surface area (Å²) in [6.45, 7) is 3.31. The number of piperidine rings is 1. The maximum absolute atomic E-state index is 13.7. The van der Waals surface area contributed by atoms with Crippen LogP contribution in [-0.2, 0) is 9.59 Å². The van der Waals surface area contributed by atoms with Crippen molar-refractivity contribution in [3.8, 4) is 10.4 Å². The van der Waals surface area contributed by atoms with E-state index in [0.29, 0.717) is 34.9 Å². The third kappa shape index (κ3) is 4.58. The summed E-state index contributed by atoms with van der Waals surface area (Å²) in [5.41, 5.74) is 3.17. The molecule has 2 N–H and O–H groups in total. The summed E-state index contributed by atoms with van der Waals surface area (Å²) in [5, 5.41) is 6.09. The maximum atomic E-state index is 13.7. The van der Waals surface area contributed by atoms with Gasteiger partial charge < -0.3 is 15.5 Å². The van der Waals surface area contributed by atoms with E-state index in [9.17, 15) is 18.8 Å². The summed E-state index contributed by atoms with van der Waals surface area (Å²) in [6, 6.07) is 13.8. The largest absolute Gasteiger partial charge is 0.339 e. The number of hydrogen-bond acceptors (Lipinski definition) is 4. The van der Waals surface area contributed by atoms with Gasteiger partial charge in [-0.25, -0.2) is 4.39 Å². The molecule has 2 aliphatic rings. The average molecular weight is 492 g/mol. The van der Waals surface area contributed by atoms with E-state index in [-0.39, 0.29) is 24.1 Å². The van der Waals surface area contributed by atoms with Crippen LogP contribution in [0.1, 0.15) is 53.1 Å². The van der Waals surface area contributed by atoms with Gasteiger partial charge in [0.1, 0.15) is 10.8 Å². The minimum atomic E-state index is -0.778. The molecule has 0 radical (unpaired) electrons. The standard InChI is InChI=1S/C27H26FN3O3S/c1-16-23(27(34)31-12-6-3-7-13-31)26(35-24(16)17-8-4-2-5-9-17)30-25(33)20-15-22(32)29-21-14-18(28)10-11-19(20)21/h2,4-5,8-11,14,20H,3,6-7,12-13,15H2,1H3,(H,29,32)(H,30,33). The second-order valence-electron chi connectivity index (χ2n) is 9.00. The normalized spacial score (nSPS) is 17.5. The van der Waals surface area contributed by atoms with Crippen molar-refractivity contribution in [2.75, 3.05) is 23.7 Å². The highest BCUT2D eigenvalue weighted by atomic mass is 32.1. The van der Waals surface area contributed by atoms with Crippen molar-refractivity contribution in [3.63, 3.8) is 0 Å². The molecule has 1 unspecified atom stereocenters. The van der Waals surface area contributed by atoms with Gasteiger partial charge in [0.25, 0.3) is 5.91 Å². The quantitative estimate of drug-likeness (QED) is 0.502. The van der Waals surface area contributed by atoms with Gasteiger partial charge >= 0.3 is 0 Å². The molecule has 8 heteroatoms. The van der Waals surface area contributed by atoms with Gasteiger partial charge in [-0.05, 0) is 55.0 Å². The zero-order valence-electron chi connectivity index (χ0n) is 19.4. The van der Waals surface area contributed by atoms with E-state index in [1.54, 1.807) is 0 Å². The lowest BCUT2D eigenvalue weighted by molar-refractivity contribution is -0.123. The lowest BCUT2D eigenvalue weighted by atomic mass is 9.89. The molecule has 1 aromatic heterocycles. The highest BCUT2D eigenvalue weighted by Gasteiger charge is 2.33. The first-order valence-electron chi connectivity index (χ1n) is 11.8. The number of carbonyl (C=O) groups is 3. The van der Waals surface area contributed by atoms with Crippen LogP contribution in [0.5, 0.6) is 0 Å². The molecule has 3 aromatic rings. The Morgan fingerprint density at radius 1 is 1.09 bits per heavy atom. The number of halogens is 1. The molecule has 5 rings (SSSR count). The van der Waals surface area contributed by atoms with E-state index in [1.807, 2.05) is 42.2 Å². The number of fused-ring (bicyclic) bond motifs is 1. The van der Waals surface area contributed by atoms with Crippen LogP contribution in [-0.4, -0.2) is 35.7 Å². The van der Waals surface area contributed by atoms with Crippen molar-refractivity contribution in [2.45, 2.75) is 38.5 Å². The summed E-state index contributed by atoms with van der Waals surface area (Å²) in [5.74, 6) is -2.08. The van der Waals surface area contributed by atoms with Gasteiger partial charge in [-0.2, -0.15) is 0 Å². The molecule has 1 fully saturated rings. The zero-order valence-corrected chi connectivity index (χ0v) is 20.2. The fourth-order valence-electron chi connectivity index (χ4n) is 4.85. The number of nitrogens with zero attached hydrogens (tertiary/aromatic N) is 1. The Labute approximate surface area is 207 Å². The first kappa shape index (κ1) is 23.2. The monoisotopic (exact) mass is 491 g/mol. The van der Waals surface area contributed by atoms with Crippen molar-refractivity contribution in [1.82, 2.24) is 4.90 Å². The lowest BCUT2D eigenvalue weighted by Crippen LogP contribution is -2.36. The predicted molar refractivity (Wildman–Crippen MR) is 135 cm³/mol. The van der Waals surface area contributed by atoms with Crippen LogP contribution in [0.25, 0.3) is 10.4 Å². The van der Waals surface area contributed by atoms with Crippen LogP contribution in [0.4, 0.5) is 15.1 Å². The molecular formula is C27H26FN3O3S. The SMILES string of the molecule is Cc1c(-c2ccccc2)sc(NC(=O)C2CC(=O)Nc3cc(F)ccc32)c1C(=O)N1CCCCC1. The Morgan fingerprint density at radius 3 is 2.57 bits per heavy atom. The van der Waals surface area contributed by atoms with Crippen LogP contribution in [0, 0.1) is 12.7 Å². The van der Waals surface area contributed by atoms with Crippen molar-refractivity contribution in [3.05, 3.63) is 71.0 Å². The minimum absolute atomic E-state index is 0.0459. The van der Waals surface area contributed by atoms with Gasteiger partial charge in [-0.15, -0.1) is 11.3 Å². The molecule has 0 bridgehead atoms. The molecule has 1 atom stereocenters. The first-order chi connectivity index (χ1) is 16.9. The highest BCUT2D eigenvalue weighted by molar-refractivity contribution is 7.20.